The monoisotopic (exact) mass is 571 g/mol. The van der Waals surface area contributed by atoms with Crippen LogP contribution in [0, 0.1) is 6.92 Å². The zero-order valence-electron chi connectivity index (χ0n) is 23.7. The number of nitrogens with zero attached hydrogens (tertiary/aromatic N) is 1. The molecule has 0 aliphatic rings. The number of benzene rings is 5. The van der Waals surface area contributed by atoms with Gasteiger partial charge >= 0.3 is 11.9 Å². The van der Waals surface area contributed by atoms with E-state index < -0.39 is 5.97 Å². The van der Waals surface area contributed by atoms with E-state index in [1.807, 2.05) is 48.5 Å². The third kappa shape index (κ3) is 7.68. The molecule has 43 heavy (non-hydrogen) atoms. The zero-order valence-corrected chi connectivity index (χ0v) is 23.7. The van der Waals surface area contributed by atoms with Crippen molar-refractivity contribution in [2.45, 2.75) is 13.8 Å². The van der Waals surface area contributed by atoms with Crippen molar-refractivity contribution >= 4 is 29.0 Å². The number of anilines is 3. The molecule has 0 N–H and O–H groups in total. The number of hydrogen-bond donors (Lipinski definition) is 0. The topological polar surface area (TPSA) is 74.3 Å². The second kappa shape index (κ2) is 13.2. The molecule has 7 heteroatoms. The van der Waals surface area contributed by atoms with Gasteiger partial charge in [0.05, 0.1) is 0 Å². The van der Waals surface area contributed by atoms with Crippen LogP contribution in [-0.2, 0) is 9.59 Å². The van der Waals surface area contributed by atoms with Crippen molar-refractivity contribution in [2.75, 3.05) is 4.90 Å². The van der Waals surface area contributed by atoms with Gasteiger partial charge in [0.25, 0.3) is 0 Å². The fourth-order valence-electron chi connectivity index (χ4n) is 4.21. The van der Waals surface area contributed by atoms with E-state index >= 15 is 0 Å². The Morgan fingerprint density at radius 3 is 1.23 bits per heavy atom. The molecule has 214 valence electrons. The summed E-state index contributed by atoms with van der Waals surface area (Å²) in [5.74, 6) is 2.55. The van der Waals surface area contributed by atoms with Crippen molar-refractivity contribution in [3.05, 3.63) is 140 Å². The van der Waals surface area contributed by atoms with Crippen LogP contribution >= 0.6 is 0 Å². The Bertz CT molecular complexity index is 1690. The predicted molar refractivity (Wildman–Crippen MR) is 166 cm³/mol. The first-order valence-electron chi connectivity index (χ1n) is 13.5. The molecule has 0 radical (unpaired) electrons. The van der Waals surface area contributed by atoms with Gasteiger partial charge in [0.2, 0.25) is 0 Å². The largest absolute Gasteiger partial charge is 0.457 e. The molecule has 0 aliphatic heterocycles. The normalized spacial score (nSPS) is 10.4. The van der Waals surface area contributed by atoms with Gasteiger partial charge in [-0.2, -0.15) is 0 Å². The minimum atomic E-state index is -0.517. The summed E-state index contributed by atoms with van der Waals surface area (Å²) in [5.41, 5.74) is 4.05. The highest BCUT2D eigenvalue weighted by atomic mass is 16.5. The molecule has 0 unspecified atom stereocenters. The third-order valence-corrected chi connectivity index (χ3v) is 6.25. The first-order valence-corrected chi connectivity index (χ1v) is 13.5. The summed E-state index contributed by atoms with van der Waals surface area (Å²) in [4.78, 5) is 24.7. The van der Waals surface area contributed by atoms with Crippen molar-refractivity contribution in [3.63, 3.8) is 0 Å². The molecule has 0 fully saturated rings. The van der Waals surface area contributed by atoms with E-state index in [1.165, 1.54) is 12.5 Å². The maximum atomic E-state index is 11.4. The first-order chi connectivity index (χ1) is 20.9. The van der Waals surface area contributed by atoms with Gasteiger partial charge in [-0.25, -0.2) is 4.79 Å². The molecule has 0 aromatic heterocycles. The van der Waals surface area contributed by atoms with E-state index in [-0.39, 0.29) is 5.97 Å². The number of ether oxygens (including phenoxy) is 4. The van der Waals surface area contributed by atoms with Crippen molar-refractivity contribution in [3.8, 4) is 34.5 Å². The van der Waals surface area contributed by atoms with Crippen molar-refractivity contribution in [2.24, 2.45) is 0 Å². The van der Waals surface area contributed by atoms with E-state index in [2.05, 4.69) is 42.7 Å². The van der Waals surface area contributed by atoms with Gasteiger partial charge in [-0.15, -0.1) is 0 Å². The summed E-state index contributed by atoms with van der Waals surface area (Å²) in [6.07, 6.45) is 1.11. The Hall–Kier alpha value is -5.82. The summed E-state index contributed by atoms with van der Waals surface area (Å²) >= 11 is 0. The van der Waals surface area contributed by atoms with Crippen molar-refractivity contribution < 1.29 is 28.5 Å². The third-order valence-electron chi connectivity index (χ3n) is 6.25. The van der Waals surface area contributed by atoms with Crippen LogP contribution in [0.15, 0.2) is 134 Å². The number of hydrogen-bond acceptors (Lipinski definition) is 7. The smallest absolute Gasteiger partial charge is 0.335 e. The molecule has 0 aliphatic carbocycles. The number of rotatable bonds is 10. The molecule has 0 bridgehead atoms. The molecule has 0 spiro atoms. The second-order valence-electron chi connectivity index (χ2n) is 9.52. The minimum Gasteiger partial charge on any atom is -0.457 e. The maximum Gasteiger partial charge on any atom is 0.335 e. The van der Waals surface area contributed by atoms with Crippen LogP contribution in [0.3, 0.4) is 0 Å². The summed E-state index contributed by atoms with van der Waals surface area (Å²) in [5, 5.41) is 0. The zero-order chi connectivity index (χ0) is 30.2. The molecule has 5 aromatic rings. The molecule has 0 saturated heterocycles. The average molecular weight is 572 g/mol. The predicted octanol–water partition coefficient (Wildman–Crippen LogP) is 9.07. The highest BCUT2D eigenvalue weighted by molar-refractivity contribution is 5.83. The van der Waals surface area contributed by atoms with Crippen LogP contribution in [0.1, 0.15) is 12.5 Å². The SMILES string of the molecule is C=CC(=O)Oc1ccc(Oc2ccc(N(c3ccc(C)cc3)c3ccc(Oc4ccc(OC(C)=O)cc4)cc3)cc2)cc1. The maximum absolute atomic E-state index is 11.4. The van der Waals surface area contributed by atoms with E-state index in [4.69, 9.17) is 18.9 Å². The van der Waals surface area contributed by atoms with Gasteiger partial charge in [0.15, 0.2) is 0 Å². The molecule has 5 rings (SSSR count). The summed E-state index contributed by atoms with van der Waals surface area (Å²) in [7, 11) is 0. The van der Waals surface area contributed by atoms with Gasteiger partial charge in [0.1, 0.15) is 34.5 Å². The van der Waals surface area contributed by atoms with Crippen LogP contribution in [0.5, 0.6) is 34.5 Å². The number of aryl methyl sites for hydroxylation is 1. The van der Waals surface area contributed by atoms with Crippen molar-refractivity contribution in [1.29, 1.82) is 0 Å². The molecular weight excluding hydrogens is 542 g/mol. The van der Waals surface area contributed by atoms with Crippen molar-refractivity contribution in [1.82, 2.24) is 0 Å². The fourth-order valence-corrected chi connectivity index (χ4v) is 4.21. The van der Waals surface area contributed by atoms with Gasteiger partial charge in [-0.05, 0) is 116 Å². The van der Waals surface area contributed by atoms with Gasteiger partial charge < -0.3 is 23.8 Å². The lowest BCUT2D eigenvalue weighted by molar-refractivity contribution is -0.132. The quantitative estimate of drug-likeness (QED) is 0.0940. The van der Waals surface area contributed by atoms with Gasteiger partial charge in [0, 0.05) is 30.1 Å². The molecular formula is C36H29NO6. The second-order valence-corrected chi connectivity index (χ2v) is 9.52. The molecule has 5 aromatic carbocycles. The summed E-state index contributed by atoms with van der Waals surface area (Å²) in [6, 6.07) is 37.6. The van der Waals surface area contributed by atoms with Crippen LogP contribution in [0.2, 0.25) is 0 Å². The lowest BCUT2D eigenvalue weighted by Gasteiger charge is -2.26. The lowest BCUT2D eigenvalue weighted by Crippen LogP contribution is -2.09. The van der Waals surface area contributed by atoms with Crippen LogP contribution in [0.25, 0.3) is 0 Å². The van der Waals surface area contributed by atoms with Crippen LogP contribution in [0.4, 0.5) is 17.1 Å². The van der Waals surface area contributed by atoms with Gasteiger partial charge in [-0.1, -0.05) is 24.3 Å². The Balaban J connectivity index is 1.33. The Morgan fingerprint density at radius 2 is 0.860 bits per heavy atom. The number of carbonyl (C=O) groups is 2. The van der Waals surface area contributed by atoms with Gasteiger partial charge in [-0.3, -0.25) is 4.79 Å². The van der Waals surface area contributed by atoms with E-state index in [0.29, 0.717) is 34.5 Å². The Morgan fingerprint density at radius 1 is 0.535 bits per heavy atom. The molecule has 0 saturated carbocycles. The average Bonchev–Trinajstić information content (AvgIpc) is 3.01. The first kappa shape index (κ1) is 28.7. The Labute approximate surface area is 250 Å². The summed E-state index contributed by atoms with van der Waals surface area (Å²) in [6.45, 7) is 6.82. The highest BCUT2D eigenvalue weighted by Crippen LogP contribution is 2.37. The number of esters is 2. The lowest BCUT2D eigenvalue weighted by atomic mass is 10.1. The van der Waals surface area contributed by atoms with E-state index in [9.17, 15) is 9.59 Å². The highest BCUT2D eigenvalue weighted by Gasteiger charge is 2.13. The molecule has 0 amide bonds. The summed E-state index contributed by atoms with van der Waals surface area (Å²) < 4.78 is 22.2. The molecule has 7 nitrogen and oxygen atoms in total. The van der Waals surface area contributed by atoms with Crippen LogP contribution < -0.4 is 23.8 Å². The van der Waals surface area contributed by atoms with E-state index in [0.717, 1.165) is 23.1 Å². The number of carbonyl (C=O) groups excluding carboxylic acids is 2. The van der Waals surface area contributed by atoms with Crippen LogP contribution in [-0.4, -0.2) is 11.9 Å². The Kier molecular flexibility index (Phi) is 8.83. The molecule has 0 atom stereocenters. The molecule has 0 heterocycles. The standard InChI is InChI=1S/C36H29NO6/c1-4-36(39)43-35-23-21-34(22-24-35)42-32-15-11-29(12-16-32)37(27-7-5-25(2)6-8-27)28-9-13-31(14-10-28)41-33-19-17-30(18-20-33)40-26(3)38/h4-24H,1H2,2-3H3. The minimum absolute atomic E-state index is 0.371. The van der Waals surface area contributed by atoms with E-state index in [1.54, 1.807) is 48.5 Å². The fraction of sp³-hybridized carbons (Fsp3) is 0.0556.